The predicted molar refractivity (Wildman–Crippen MR) is 51.5 cm³/mol. The molecule has 74 valence electrons. The Morgan fingerprint density at radius 2 is 1.67 bits per heavy atom. The van der Waals surface area contributed by atoms with Crippen LogP contribution in [0.5, 0.6) is 0 Å². The summed E-state index contributed by atoms with van der Waals surface area (Å²) in [5.74, 6) is 0. The molecule has 0 spiro atoms. The quantitative estimate of drug-likeness (QED) is 0.492. The summed E-state index contributed by atoms with van der Waals surface area (Å²) >= 11 is 0. The molecule has 12 heavy (non-hydrogen) atoms. The first kappa shape index (κ1) is 11.9. The third-order valence-corrected chi connectivity index (χ3v) is 1.59. The van der Waals surface area contributed by atoms with Gasteiger partial charge in [-0.15, -0.1) is 5.59 Å². The molecule has 0 aliphatic rings. The van der Waals surface area contributed by atoms with Crippen LogP contribution in [0.15, 0.2) is 0 Å². The van der Waals surface area contributed by atoms with Gasteiger partial charge in [-0.25, -0.2) is 5.01 Å². The first-order chi connectivity index (χ1) is 5.59. The highest BCUT2D eigenvalue weighted by atomic mass is 16.7. The minimum absolute atomic E-state index is 0.460. The van der Waals surface area contributed by atoms with Crippen molar-refractivity contribution in [2.24, 2.45) is 0 Å². The van der Waals surface area contributed by atoms with Crippen molar-refractivity contribution in [3.63, 3.8) is 0 Å². The maximum atomic E-state index is 5.24. The number of hydrogen-bond donors (Lipinski definition) is 1. The van der Waals surface area contributed by atoms with Gasteiger partial charge in [0, 0.05) is 12.1 Å². The van der Waals surface area contributed by atoms with Crippen LogP contribution < -0.4 is 5.59 Å². The minimum Gasteiger partial charge on any atom is -0.287 e. The Morgan fingerprint density at radius 3 is 2.00 bits per heavy atom. The summed E-state index contributed by atoms with van der Waals surface area (Å²) in [5, 5.41) is 2.09. The molecule has 0 aliphatic heterocycles. The standard InChI is InChI=1S/C9H22N2O/c1-6-7-12-10-11(8(2)3)9(4)5/h8-10H,6-7H2,1-5H3. The second-order valence-corrected chi connectivity index (χ2v) is 3.53. The summed E-state index contributed by atoms with van der Waals surface area (Å²) in [6, 6.07) is 0.920. The van der Waals surface area contributed by atoms with E-state index in [1.54, 1.807) is 0 Å². The van der Waals surface area contributed by atoms with E-state index in [1.807, 2.05) is 0 Å². The van der Waals surface area contributed by atoms with Gasteiger partial charge >= 0.3 is 0 Å². The van der Waals surface area contributed by atoms with Gasteiger partial charge in [0.05, 0.1) is 6.61 Å². The molecule has 0 radical (unpaired) electrons. The summed E-state index contributed by atoms with van der Waals surface area (Å²) in [7, 11) is 0. The first-order valence-electron chi connectivity index (χ1n) is 4.75. The lowest BCUT2D eigenvalue weighted by Gasteiger charge is -2.29. The van der Waals surface area contributed by atoms with Crippen molar-refractivity contribution in [1.29, 1.82) is 0 Å². The fraction of sp³-hybridized carbons (Fsp3) is 1.00. The van der Waals surface area contributed by atoms with Gasteiger partial charge in [0.2, 0.25) is 0 Å². The largest absolute Gasteiger partial charge is 0.287 e. The lowest BCUT2D eigenvalue weighted by atomic mass is 10.3. The van der Waals surface area contributed by atoms with E-state index >= 15 is 0 Å². The van der Waals surface area contributed by atoms with Crippen molar-refractivity contribution in [3.8, 4) is 0 Å². The normalized spacial score (nSPS) is 12.0. The average molecular weight is 174 g/mol. The fourth-order valence-electron chi connectivity index (χ4n) is 1.03. The van der Waals surface area contributed by atoms with Gasteiger partial charge in [-0.2, -0.15) is 0 Å². The van der Waals surface area contributed by atoms with Gasteiger partial charge in [0.25, 0.3) is 0 Å². The van der Waals surface area contributed by atoms with E-state index in [-0.39, 0.29) is 0 Å². The van der Waals surface area contributed by atoms with E-state index < -0.39 is 0 Å². The highest BCUT2D eigenvalue weighted by Crippen LogP contribution is 2.00. The van der Waals surface area contributed by atoms with Crippen molar-refractivity contribution >= 4 is 0 Å². The number of nitrogens with zero attached hydrogens (tertiary/aromatic N) is 1. The average Bonchev–Trinajstić information content (AvgIpc) is 1.96. The van der Waals surface area contributed by atoms with Crippen molar-refractivity contribution in [3.05, 3.63) is 0 Å². The summed E-state index contributed by atoms with van der Waals surface area (Å²) in [6.45, 7) is 11.4. The van der Waals surface area contributed by atoms with Crippen LogP contribution in [0.2, 0.25) is 0 Å². The van der Waals surface area contributed by atoms with Crippen LogP contribution in [0.1, 0.15) is 41.0 Å². The van der Waals surface area contributed by atoms with Crippen LogP contribution in [-0.4, -0.2) is 23.7 Å². The van der Waals surface area contributed by atoms with Gasteiger partial charge in [0.15, 0.2) is 0 Å². The van der Waals surface area contributed by atoms with Gasteiger partial charge in [-0.05, 0) is 34.1 Å². The number of hydrazine groups is 1. The maximum Gasteiger partial charge on any atom is 0.0696 e. The Balaban J connectivity index is 3.64. The van der Waals surface area contributed by atoms with E-state index in [2.05, 4.69) is 45.2 Å². The zero-order valence-corrected chi connectivity index (χ0v) is 8.92. The van der Waals surface area contributed by atoms with Gasteiger partial charge in [0.1, 0.15) is 0 Å². The second kappa shape index (κ2) is 6.40. The molecule has 0 amide bonds. The Hall–Kier alpha value is -0.120. The number of hydrogen-bond acceptors (Lipinski definition) is 3. The Morgan fingerprint density at radius 1 is 1.17 bits per heavy atom. The molecule has 0 saturated heterocycles. The fourth-order valence-corrected chi connectivity index (χ4v) is 1.03. The zero-order valence-electron chi connectivity index (χ0n) is 8.92. The second-order valence-electron chi connectivity index (χ2n) is 3.53. The molecule has 0 rings (SSSR count). The van der Waals surface area contributed by atoms with Crippen LogP contribution in [0.25, 0.3) is 0 Å². The molecule has 0 atom stereocenters. The summed E-state index contributed by atoms with van der Waals surface area (Å²) in [4.78, 5) is 5.24. The molecule has 0 fully saturated rings. The van der Waals surface area contributed by atoms with Crippen LogP contribution in [0.3, 0.4) is 0 Å². The molecule has 0 aliphatic carbocycles. The van der Waals surface area contributed by atoms with E-state index in [0.29, 0.717) is 12.1 Å². The molecule has 0 aromatic carbocycles. The van der Waals surface area contributed by atoms with Gasteiger partial charge in [-0.1, -0.05) is 6.92 Å². The molecule has 0 bridgehead atoms. The van der Waals surface area contributed by atoms with Crippen molar-refractivity contribution in [2.75, 3.05) is 6.61 Å². The highest BCUT2D eigenvalue weighted by Gasteiger charge is 2.12. The molecule has 3 heteroatoms. The van der Waals surface area contributed by atoms with Crippen LogP contribution in [-0.2, 0) is 4.84 Å². The molecule has 3 nitrogen and oxygen atoms in total. The van der Waals surface area contributed by atoms with E-state index in [0.717, 1.165) is 13.0 Å². The minimum atomic E-state index is 0.460. The molecule has 0 unspecified atom stereocenters. The zero-order chi connectivity index (χ0) is 9.56. The van der Waals surface area contributed by atoms with Crippen molar-refractivity contribution in [1.82, 2.24) is 10.6 Å². The number of nitrogens with one attached hydrogen (secondary N) is 1. The van der Waals surface area contributed by atoms with Crippen LogP contribution in [0.4, 0.5) is 0 Å². The van der Waals surface area contributed by atoms with Gasteiger partial charge in [-0.3, -0.25) is 4.84 Å². The van der Waals surface area contributed by atoms with Gasteiger partial charge < -0.3 is 0 Å². The Kier molecular flexibility index (Phi) is 6.34. The first-order valence-corrected chi connectivity index (χ1v) is 4.75. The lowest BCUT2D eigenvalue weighted by molar-refractivity contribution is -0.112. The molecular formula is C9H22N2O. The third-order valence-electron chi connectivity index (χ3n) is 1.59. The summed E-state index contributed by atoms with van der Waals surface area (Å²) < 4.78 is 0. The van der Waals surface area contributed by atoms with E-state index in [4.69, 9.17) is 4.84 Å². The molecular weight excluding hydrogens is 152 g/mol. The number of rotatable bonds is 6. The maximum absolute atomic E-state index is 5.24. The molecule has 0 saturated carbocycles. The van der Waals surface area contributed by atoms with Crippen molar-refractivity contribution in [2.45, 2.75) is 53.1 Å². The van der Waals surface area contributed by atoms with E-state index in [9.17, 15) is 0 Å². The Bertz CT molecular complexity index is 96.7. The van der Waals surface area contributed by atoms with Crippen LogP contribution in [0, 0.1) is 0 Å². The SMILES string of the molecule is CCCONN(C(C)C)C(C)C. The topological polar surface area (TPSA) is 24.5 Å². The van der Waals surface area contributed by atoms with E-state index in [1.165, 1.54) is 0 Å². The third kappa shape index (κ3) is 4.70. The molecule has 0 heterocycles. The lowest BCUT2D eigenvalue weighted by Crippen LogP contribution is -2.47. The Labute approximate surface area is 76.0 Å². The molecule has 1 N–H and O–H groups in total. The predicted octanol–water partition coefficient (Wildman–Crippen LogP) is 1.95. The monoisotopic (exact) mass is 174 g/mol. The van der Waals surface area contributed by atoms with Crippen LogP contribution >= 0.6 is 0 Å². The summed E-state index contributed by atoms with van der Waals surface area (Å²) in [6.07, 6.45) is 1.04. The highest BCUT2D eigenvalue weighted by molar-refractivity contribution is 4.59. The molecule has 0 aromatic rings. The summed E-state index contributed by atoms with van der Waals surface area (Å²) in [5.41, 5.74) is 2.95. The smallest absolute Gasteiger partial charge is 0.0696 e. The molecule has 0 aromatic heterocycles. The van der Waals surface area contributed by atoms with Crippen molar-refractivity contribution < 1.29 is 4.84 Å².